The van der Waals surface area contributed by atoms with Crippen LogP contribution in [0, 0.1) is 5.92 Å². The average Bonchev–Trinajstić information content (AvgIpc) is 2.60. The first-order valence-corrected chi connectivity index (χ1v) is 10.4. The van der Waals surface area contributed by atoms with Crippen LogP contribution in [0.25, 0.3) is 0 Å². The third-order valence-electron chi connectivity index (χ3n) is 3.90. The Morgan fingerprint density at radius 2 is 1.78 bits per heavy atom. The topological polar surface area (TPSA) is 95.5 Å². The summed E-state index contributed by atoms with van der Waals surface area (Å²) in [6.07, 6.45) is 0. The summed E-state index contributed by atoms with van der Waals surface area (Å²) in [7, 11) is 0. The van der Waals surface area contributed by atoms with Gasteiger partial charge in [-0.2, -0.15) is 24.4 Å². The highest BCUT2D eigenvalue weighted by atomic mass is 32.2. The fourth-order valence-corrected chi connectivity index (χ4v) is 3.20. The molecule has 150 valence electrons. The summed E-state index contributed by atoms with van der Waals surface area (Å²) in [5.41, 5.74) is -0.163. The summed E-state index contributed by atoms with van der Waals surface area (Å²) in [4.78, 5) is 36.2. The smallest absolute Gasteiger partial charge is 0.327 e. The Hall–Kier alpha value is -1.67. The Labute approximate surface area is 170 Å². The number of thiol groups is 1. The standard InChI is InChI=1S/C19H28N2O4S2/c1-12(2)15(26)16(22)21-19(3,4)18(25)20-14(17(23)24)11-27-10-13-8-6-5-7-9-13/h5-9,12,14-15,26H,10-11H2,1-4H3,(H,20,25)(H,21,22)(H,23,24). The lowest BCUT2D eigenvalue weighted by molar-refractivity contribution is -0.142. The number of aliphatic carboxylic acids is 1. The van der Waals surface area contributed by atoms with Crippen LogP contribution in [0.2, 0.25) is 0 Å². The third kappa shape index (κ3) is 7.84. The van der Waals surface area contributed by atoms with Gasteiger partial charge in [0.05, 0.1) is 5.25 Å². The van der Waals surface area contributed by atoms with E-state index in [0.29, 0.717) is 5.75 Å². The van der Waals surface area contributed by atoms with E-state index in [1.54, 1.807) is 0 Å². The van der Waals surface area contributed by atoms with E-state index < -0.39 is 28.7 Å². The zero-order valence-electron chi connectivity index (χ0n) is 16.1. The van der Waals surface area contributed by atoms with Crippen molar-refractivity contribution in [3.63, 3.8) is 0 Å². The van der Waals surface area contributed by atoms with Gasteiger partial charge in [-0.25, -0.2) is 4.79 Å². The van der Waals surface area contributed by atoms with Crippen LogP contribution >= 0.6 is 24.4 Å². The fraction of sp³-hybridized carbons (Fsp3) is 0.526. The second kappa shape index (κ2) is 10.6. The number of carbonyl (C=O) groups is 3. The first kappa shape index (κ1) is 23.4. The zero-order valence-corrected chi connectivity index (χ0v) is 17.8. The molecule has 2 atom stereocenters. The van der Waals surface area contributed by atoms with Crippen LogP contribution in [0.1, 0.15) is 33.3 Å². The van der Waals surface area contributed by atoms with Crippen molar-refractivity contribution in [2.75, 3.05) is 5.75 Å². The van der Waals surface area contributed by atoms with Crippen LogP contribution in [0.5, 0.6) is 0 Å². The van der Waals surface area contributed by atoms with E-state index in [9.17, 15) is 19.5 Å². The predicted molar refractivity (Wildman–Crippen MR) is 112 cm³/mol. The second-order valence-electron chi connectivity index (χ2n) is 7.17. The first-order valence-electron chi connectivity index (χ1n) is 8.70. The minimum Gasteiger partial charge on any atom is -0.480 e. The predicted octanol–water partition coefficient (Wildman–Crippen LogP) is 2.34. The zero-order chi connectivity index (χ0) is 20.6. The van der Waals surface area contributed by atoms with Crippen LogP contribution in [-0.4, -0.2) is 45.5 Å². The second-order valence-corrected chi connectivity index (χ2v) is 8.75. The molecule has 0 aliphatic rings. The summed E-state index contributed by atoms with van der Waals surface area (Å²) in [5, 5.41) is 14.0. The van der Waals surface area contributed by atoms with Crippen LogP contribution in [-0.2, 0) is 20.1 Å². The molecular weight excluding hydrogens is 384 g/mol. The minimum absolute atomic E-state index is 0.00773. The number of carboxylic acid groups (broad SMARTS) is 1. The van der Waals surface area contributed by atoms with Gasteiger partial charge in [0.2, 0.25) is 11.8 Å². The van der Waals surface area contributed by atoms with E-state index in [1.807, 2.05) is 44.2 Å². The largest absolute Gasteiger partial charge is 0.480 e. The van der Waals surface area contributed by atoms with E-state index in [1.165, 1.54) is 25.6 Å². The van der Waals surface area contributed by atoms with Gasteiger partial charge >= 0.3 is 5.97 Å². The Morgan fingerprint density at radius 1 is 1.19 bits per heavy atom. The summed E-state index contributed by atoms with van der Waals surface area (Å²) in [6, 6.07) is 8.64. The molecule has 0 aliphatic carbocycles. The number of carboxylic acids is 1. The van der Waals surface area contributed by atoms with Crippen molar-refractivity contribution in [3.8, 4) is 0 Å². The van der Waals surface area contributed by atoms with E-state index in [2.05, 4.69) is 23.3 Å². The molecule has 8 heteroatoms. The summed E-state index contributed by atoms with van der Waals surface area (Å²) >= 11 is 5.67. The van der Waals surface area contributed by atoms with Gasteiger partial charge in [0.1, 0.15) is 11.6 Å². The third-order valence-corrected chi connectivity index (χ3v) is 5.84. The van der Waals surface area contributed by atoms with Crippen molar-refractivity contribution in [3.05, 3.63) is 35.9 Å². The van der Waals surface area contributed by atoms with Crippen molar-refractivity contribution in [1.82, 2.24) is 10.6 Å². The molecule has 3 N–H and O–H groups in total. The van der Waals surface area contributed by atoms with Gasteiger partial charge in [-0.05, 0) is 25.3 Å². The van der Waals surface area contributed by atoms with E-state index in [-0.39, 0.29) is 17.6 Å². The molecule has 0 saturated carbocycles. The maximum absolute atomic E-state index is 12.5. The molecule has 0 aromatic heterocycles. The average molecular weight is 413 g/mol. The molecule has 0 aliphatic heterocycles. The van der Waals surface area contributed by atoms with Gasteiger partial charge in [-0.1, -0.05) is 44.2 Å². The number of hydrogen-bond acceptors (Lipinski definition) is 5. The normalized spacial score (nSPS) is 13.7. The lowest BCUT2D eigenvalue weighted by atomic mass is 10.0. The number of carbonyl (C=O) groups excluding carboxylic acids is 2. The molecule has 1 aromatic carbocycles. The molecule has 0 heterocycles. The lowest BCUT2D eigenvalue weighted by Gasteiger charge is -2.29. The molecule has 6 nitrogen and oxygen atoms in total. The van der Waals surface area contributed by atoms with Crippen LogP contribution < -0.4 is 10.6 Å². The number of nitrogens with one attached hydrogen (secondary N) is 2. The molecule has 2 amide bonds. The number of rotatable bonds is 10. The van der Waals surface area contributed by atoms with Gasteiger partial charge in [0.25, 0.3) is 0 Å². The lowest BCUT2D eigenvalue weighted by Crippen LogP contribution is -2.59. The van der Waals surface area contributed by atoms with Gasteiger partial charge in [0, 0.05) is 11.5 Å². The van der Waals surface area contributed by atoms with E-state index in [4.69, 9.17) is 0 Å². The summed E-state index contributed by atoms with van der Waals surface area (Å²) < 4.78 is 0. The number of hydrogen-bond donors (Lipinski definition) is 4. The molecule has 0 saturated heterocycles. The van der Waals surface area contributed by atoms with E-state index >= 15 is 0 Å². The molecule has 27 heavy (non-hydrogen) atoms. The number of amides is 2. The molecule has 0 fully saturated rings. The molecular formula is C19H28N2O4S2. The maximum atomic E-state index is 12.5. The Balaban J connectivity index is 2.62. The highest BCUT2D eigenvalue weighted by Gasteiger charge is 2.34. The summed E-state index contributed by atoms with van der Waals surface area (Å²) in [6.45, 7) is 6.79. The van der Waals surface area contributed by atoms with E-state index in [0.717, 1.165) is 5.56 Å². The van der Waals surface area contributed by atoms with Crippen LogP contribution in [0.4, 0.5) is 0 Å². The van der Waals surface area contributed by atoms with Gasteiger partial charge in [-0.15, -0.1) is 0 Å². The molecule has 0 bridgehead atoms. The van der Waals surface area contributed by atoms with Crippen LogP contribution in [0.3, 0.4) is 0 Å². The highest BCUT2D eigenvalue weighted by molar-refractivity contribution is 7.98. The fourth-order valence-electron chi connectivity index (χ4n) is 2.12. The van der Waals surface area contributed by atoms with Crippen molar-refractivity contribution >= 4 is 42.2 Å². The van der Waals surface area contributed by atoms with Crippen molar-refractivity contribution < 1.29 is 19.5 Å². The Kier molecular flexibility index (Phi) is 9.18. The Bertz CT molecular complexity index is 650. The molecule has 1 rings (SSSR count). The highest BCUT2D eigenvalue weighted by Crippen LogP contribution is 2.15. The molecule has 2 unspecified atom stereocenters. The quantitative estimate of drug-likeness (QED) is 0.443. The minimum atomic E-state index is -1.25. The van der Waals surface area contributed by atoms with Crippen molar-refractivity contribution in [1.29, 1.82) is 0 Å². The molecule has 0 radical (unpaired) electrons. The molecule has 1 aromatic rings. The number of benzene rings is 1. The SMILES string of the molecule is CC(C)C(S)C(=O)NC(C)(C)C(=O)NC(CSCc1ccccc1)C(=O)O. The number of thioether (sulfide) groups is 1. The summed E-state index contributed by atoms with van der Waals surface area (Å²) in [5.74, 6) is -1.14. The van der Waals surface area contributed by atoms with Crippen LogP contribution in [0.15, 0.2) is 30.3 Å². The van der Waals surface area contributed by atoms with Crippen molar-refractivity contribution in [2.45, 2.75) is 50.3 Å². The first-order chi connectivity index (χ1) is 12.5. The maximum Gasteiger partial charge on any atom is 0.327 e. The molecule has 0 spiro atoms. The van der Waals surface area contributed by atoms with Crippen molar-refractivity contribution in [2.24, 2.45) is 5.92 Å². The van der Waals surface area contributed by atoms with Gasteiger partial charge in [-0.3, -0.25) is 9.59 Å². The Morgan fingerprint density at radius 3 is 2.30 bits per heavy atom. The van der Waals surface area contributed by atoms with Gasteiger partial charge < -0.3 is 15.7 Å². The van der Waals surface area contributed by atoms with Gasteiger partial charge in [0.15, 0.2) is 0 Å². The monoisotopic (exact) mass is 412 g/mol.